The fraction of sp³-hybridized carbons (Fsp3) is 0.250. The van der Waals surface area contributed by atoms with Gasteiger partial charge in [0.05, 0.1) is 33.5 Å². The lowest BCUT2D eigenvalue weighted by molar-refractivity contribution is -0.114. The molecule has 0 radical (unpaired) electrons. The van der Waals surface area contributed by atoms with Crippen LogP contribution >= 0.6 is 11.3 Å². The van der Waals surface area contributed by atoms with Crippen LogP contribution < -0.4 is 10.0 Å². The summed E-state index contributed by atoms with van der Waals surface area (Å²) in [5.41, 5.74) is 2.46. The number of nitrogens with one attached hydrogen (secondary N) is 2. The van der Waals surface area contributed by atoms with Crippen LogP contribution in [0.1, 0.15) is 48.0 Å². The SMILES string of the molecule is CC(=O)Nc1nc(C)c(-c2cc3c(c(S(=O)(=O)Nc4cccc(C#N)c4)c2)C(=O)N(C(C)C)C3)s1. The first-order valence-corrected chi connectivity index (χ1v) is 13.1. The zero-order valence-corrected chi connectivity index (χ0v) is 21.2. The molecule has 180 valence electrons. The van der Waals surface area contributed by atoms with Gasteiger partial charge in [0.15, 0.2) is 5.13 Å². The van der Waals surface area contributed by atoms with Crippen LogP contribution in [0.5, 0.6) is 0 Å². The van der Waals surface area contributed by atoms with Gasteiger partial charge in [0, 0.05) is 19.5 Å². The molecule has 1 aliphatic rings. The number of nitriles is 1. The maximum atomic E-state index is 13.6. The number of carbonyl (C=O) groups is 2. The van der Waals surface area contributed by atoms with Gasteiger partial charge in [0.2, 0.25) is 5.91 Å². The number of aromatic nitrogens is 1. The second-order valence-electron chi connectivity index (χ2n) is 8.45. The molecule has 2 amide bonds. The minimum absolute atomic E-state index is 0.120. The van der Waals surface area contributed by atoms with Gasteiger partial charge in [-0.05, 0) is 62.2 Å². The quantitative estimate of drug-likeness (QED) is 0.514. The molecule has 4 rings (SSSR count). The number of anilines is 2. The van der Waals surface area contributed by atoms with Crippen LogP contribution in [0.3, 0.4) is 0 Å². The monoisotopic (exact) mass is 509 g/mol. The molecule has 0 saturated heterocycles. The summed E-state index contributed by atoms with van der Waals surface area (Å²) < 4.78 is 29.6. The number of amides is 2. The molecule has 0 saturated carbocycles. The van der Waals surface area contributed by atoms with Gasteiger partial charge in [-0.3, -0.25) is 14.3 Å². The van der Waals surface area contributed by atoms with Crippen LogP contribution in [-0.4, -0.2) is 36.2 Å². The summed E-state index contributed by atoms with van der Waals surface area (Å²) in [6.07, 6.45) is 0. The third-order valence-electron chi connectivity index (χ3n) is 5.50. The zero-order chi connectivity index (χ0) is 25.5. The number of fused-ring (bicyclic) bond motifs is 1. The molecule has 2 N–H and O–H groups in total. The molecular weight excluding hydrogens is 486 g/mol. The van der Waals surface area contributed by atoms with E-state index < -0.39 is 10.0 Å². The molecule has 0 atom stereocenters. The number of sulfonamides is 1. The van der Waals surface area contributed by atoms with Crippen LogP contribution in [0, 0.1) is 18.3 Å². The van der Waals surface area contributed by atoms with Gasteiger partial charge in [-0.25, -0.2) is 13.4 Å². The van der Waals surface area contributed by atoms with E-state index in [-0.39, 0.29) is 40.5 Å². The Labute approximate surface area is 207 Å². The minimum atomic E-state index is -4.19. The van der Waals surface area contributed by atoms with E-state index >= 15 is 0 Å². The first-order chi connectivity index (χ1) is 16.5. The molecular formula is C24H23N5O4S2. The number of carbonyl (C=O) groups excluding carboxylic acids is 2. The molecule has 9 nitrogen and oxygen atoms in total. The van der Waals surface area contributed by atoms with Crippen molar-refractivity contribution in [1.82, 2.24) is 9.88 Å². The zero-order valence-electron chi connectivity index (χ0n) is 19.5. The van der Waals surface area contributed by atoms with Gasteiger partial charge in [-0.1, -0.05) is 17.4 Å². The van der Waals surface area contributed by atoms with E-state index in [4.69, 9.17) is 5.26 Å². The Morgan fingerprint density at radius 2 is 2.00 bits per heavy atom. The summed E-state index contributed by atoms with van der Waals surface area (Å²) in [6.45, 7) is 7.18. The van der Waals surface area contributed by atoms with Gasteiger partial charge < -0.3 is 10.2 Å². The van der Waals surface area contributed by atoms with Crippen LogP contribution in [0.25, 0.3) is 10.4 Å². The molecule has 0 bridgehead atoms. The smallest absolute Gasteiger partial charge is 0.262 e. The molecule has 0 unspecified atom stereocenters. The number of hydrogen-bond acceptors (Lipinski definition) is 7. The van der Waals surface area contributed by atoms with Crippen molar-refractivity contribution >= 4 is 44.0 Å². The van der Waals surface area contributed by atoms with E-state index in [0.717, 1.165) is 0 Å². The number of nitrogens with zero attached hydrogens (tertiary/aromatic N) is 3. The van der Waals surface area contributed by atoms with Crippen molar-refractivity contribution in [3.05, 3.63) is 58.8 Å². The first kappa shape index (κ1) is 24.4. The number of hydrogen-bond donors (Lipinski definition) is 2. The van der Waals surface area contributed by atoms with E-state index in [1.165, 1.54) is 36.5 Å². The Balaban J connectivity index is 1.87. The number of thiazole rings is 1. The van der Waals surface area contributed by atoms with E-state index in [1.807, 2.05) is 26.0 Å². The van der Waals surface area contributed by atoms with Crippen molar-refractivity contribution in [2.45, 2.75) is 45.2 Å². The van der Waals surface area contributed by atoms with E-state index in [0.29, 0.717) is 32.4 Å². The maximum absolute atomic E-state index is 13.6. The topological polar surface area (TPSA) is 132 Å². The van der Waals surface area contributed by atoms with Crippen molar-refractivity contribution < 1.29 is 18.0 Å². The summed E-state index contributed by atoms with van der Waals surface area (Å²) in [6, 6.07) is 11.2. The van der Waals surface area contributed by atoms with Crippen LogP contribution in [0.4, 0.5) is 10.8 Å². The minimum Gasteiger partial charge on any atom is -0.332 e. The second kappa shape index (κ2) is 9.13. The summed E-state index contributed by atoms with van der Waals surface area (Å²) >= 11 is 1.23. The molecule has 3 aromatic rings. The number of benzene rings is 2. The molecule has 0 spiro atoms. The van der Waals surface area contributed by atoms with E-state index in [9.17, 15) is 18.0 Å². The first-order valence-electron chi connectivity index (χ1n) is 10.8. The summed E-state index contributed by atoms with van der Waals surface area (Å²) in [5.74, 6) is -0.614. The van der Waals surface area contributed by atoms with Crippen LogP contribution in [0.15, 0.2) is 41.3 Å². The molecule has 2 aromatic carbocycles. The number of aryl methyl sites for hydroxylation is 1. The Morgan fingerprint density at radius 3 is 2.66 bits per heavy atom. The normalized spacial score (nSPS) is 13.0. The third-order valence-corrected chi connectivity index (χ3v) is 8.03. The second-order valence-corrected chi connectivity index (χ2v) is 11.1. The summed E-state index contributed by atoms with van der Waals surface area (Å²) in [4.78, 5) is 31.2. The Morgan fingerprint density at radius 1 is 1.26 bits per heavy atom. The molecule has 0 fully saturated rings. The molecule has 1 aliphatic heterocycles. The van der Waals surface area contributed by atoms with E-state index in [1.54, 1.807) is 24.0 Å². The lowest BCUT2D eigenvalue weighted by Gasteiger charge is -2.20. The standard InChI is InChI=1S/C24H23N5O4S2/c1-13(2)29-12-18-9-17(22-14(3)26-24(34-22)27-15(4)30)10-20(21(18)23(29)31)35(32,33)28-19-7-5-6-16(8-19)11-25/h5-10,13,28H,12H2,1-4H3,(H,26,27,30). The van der Waals surface area contributed by atoms with Crippen molar-refractivity contribution in [2.75, 3.05) is 10.0 Å². The van der Waals surface area contributed by atoms with E-state index in [2.05, 4.69) is 15.0 Å². The highest BCUT2D eigenvalue weighted by Gasteiger charge is 2.36. The molecule has 35 heavy (non-hydrogen) atoms. The molecule has 1 aromatic heterocycles. The fourth-order valence-electron chi connectivity index (χ4n) is 3.93. The van der Waals surface area contributed by atoms with Gasteiger partial charge >= 0.3 is 0 Å². The van der Waals surface area contributed by atoms with Crippen molar-refractivity contribution in [3.63, 3.8) is 0 Å². The number of rotatable bonds is 6. The Bertz CT molecular complexity index is 1500. The predicted octanol–water partition coefficient (Wildman–Crippen LogP) is 4.11. The lowest BCUT2D eigenvalue weighted by atomic mass is 10.0. The average molecular weight is 510 g/mol. The molecule has 11 heteroatoms. The van der Waals surface area contributed by atoms with Gasteiger partial charge in [-0.15, -0.1) is 0 Å². The van der Waals surface area contributed by atoms with Crippen molar-refractivity contribution in [1.29, 1.82) is 5.26 Å². The highest BCUT2D eigenvalue weighted by molar-refractivity contribution is 7.92. The predicted molar refractivity (Wildman–Crippen MR) is 134 cm³/mol. The largest absolute Gasteiger partial charge is 0.332 e. The summed E-state index contributed by atoms with van der Waals surface area (Å²) in [7, 11) is -4.19. The maximum Gasteiger partial charge on any atom is 0.262 e. The highest BCUT2D eigenvalue weighted by atomic mass is 32.2. The van der Waals surface area contributed by atoms with Gasteiger partial charge in [-0.2, -0.15) is 5.26 Å². The van der Waals surface area contributed by atoms with Crippen LogP contribution in [0.2, 0.25) is 0 Å². The highest BCUT2D eigenvalue weighted by Crippen LogP contribution is 2.39. The van der Waals surface area contributed by atoms with Crippen molar-refractivity contribution in [2.24, 2.45) is 0 Å². The molecule has 0 aliphatic carbocycles. The Kier molecular flexibility index (Phi) is 6.36. The summed E-state index contributed by atoms with van der Waals surface area (Å²) in [5, 5.41) is 12.2. The van der Waals surface area contributed by atoms with Crippen LogP contribution in [-0.2, 0) is 21.4 Å². The Hall–Kier alpha value is -3.75. The fourth-order valence-corrected chi connectivity index (χ4v) is 6.25. The van der Waals surface area contributed by atoms with Gasteiger partial charge in [0.1, 0.15) is 4.90 Å². The lowest BCUT2D eigenvalue weighted by Crippen LogP contribution is -2.31. The average Bonchev–Trinajstić information content (AvgIpc) is 3.31. The van der Waals surface area contributed by atoms with Gasteiger partial charge in [0.25, 0.3) is 15.9 Å². The molecule has 2 heterocycles. The van der Waals surface area contributed by atoms with Crippen molar-refractivity contribution in [3.8, 4) is 16.5 Å². The third kappa shape index (κ3) is 4.76.